The number of ether oxygens (including phenoxy) is 1. The van der Waals surface area contributed by atoms with E-state index >= 15 is 0 Å². The number of hydrogen-bond donors (Lipinski definition) is 0. The maximum absolute atomic E-state index is 12.1. The first-order chi connectivity index (χ1) is 10.0. The molecule has 0 heterocycles. The van der Waals surface area contributed by atoms with Crippen LogP contribution < -0.4 is 0 Å². The molecule has 0 atom stereocenters. The Morgan fingerprint density at radius 2 is 1.76 bits per heavy atom. The molecule has 0 aliphatic heterocycles. The SMILES string of the molecule is C/C=C(/C)OC(=O)c1ccc(-c2ccccc2C)cc1C. The molecule has 0 saturated carbocycles. The second-order valence-corrected chi connectivity index (χ2v) is 5.13. The molecule has 0 bridgehead atoms. The fraction of sp³-hybridized carbons (Fsp3) is 0.211. The van der Waals surface area contributed by atoms with Crippen molar-refractivity contribution in [3.05, 3.63) is 71.0 Å². The van der Waals surface area contributed by atoms with Gasteiger partial charge in [0.15, 0.2) is 0 Å². The lowest BCUT2D eigenvalue weighted by Crippen LogP contribution is -2.05. The van der Waals surface area contributed by atoms with Gasteiger partial charge in [-0.25, -0.2) is 4.79 Å². The third-order valence-electron chi connectivity index (χ3n) is 3.56. The summed E-state index contributed by atoms with van der Waals surface area (Å²) < 4.78 is 5.26. The highest BCUT2D eigenvalue weighted by Gasteiger charge is 2.12. The van der Waals surface area contributed by atoms with Gasteiger partial charge in [-0.05, 0) is 62.1 Å². The van der Waals surface area contributed by atoms with Gasteiger partial charge in [0, 0.05) is 0 Å². The fourth-order valence-electron chi connectivity index (χ4n) is 2.22. The number of aryl methyl sites for hydroxylation is 2. The molecule has 2 aromatic carbocycles. The van der Waals surface area contributed by atoms with Crippen molar-refractivity contribution < 1.29 is 9.53 Å². The molecule has 0 saturated heterocycles. The number of rotatable bonds is 3. The number of carbonyl (C=O) groups excluding carboxylic acids is 1. The number of carbonyl (C=O) groups is 1. The summed E-state index contributed by atoms with van der Waals surface area (Å²) in [5.74, 6) is 0.307. The molecule has 0 N–H and O–H groups in total. The zero-order valence-corrected chi connectivity index (χ0v) is 12.9. The van der Waals surface area contributed by atoms with Gasteiger partial charge in [0.05, 0.1) is 5.56 Å². The highest BCUT2D eigenvalue weighted by molar-refractivity contribution is 5.92. The standard InChI is InChI=1S/C19H20O2/c1-5-15(4)21-19(20)18-11-10-16(12-14(18)3)17-9-7-6-8-13(17)2/h5-12H,1-4H3/b15-5-. The molecule has 21 heavy (non-hydrogen) atoms. The summed E-state index contributed by atoms with van der Waals surface area (Å²) in [6.07, 6.45) is 1.77. The summed E-state index contributed by atoms with van der Waals surface area (Å²) in [5.41, 5.74) is 5.05. The molecular formula is C19H20O2. The molecule has 0 radical (unpaired) electrons. The Kier molecular flexibility index (Phi) is 4.59. The van der Waals surface area contributed by atoms with E-state index in [9.17, 15) is 4.79 Å². The molecular weight excluding hydrogens is 260 g/mol. The summed E-state index contributed by atoms with van der Waals surface area (Å²) in [4.78, 5) is 12.1. The van der Waals surface area contributed by atoms with Crippen LogP contribution in [-0.2, 0) is 4.74 Å². The highest BCUT2D eigenvalue weighted by atomic mass is 16.5. The van der Waals surface area contributed by atoms with Crippen LogP contribution in [0.25, 0.3) is 11.1 Å². The molecule has 0 unspecified atom stereocenters. The summed E-state index contributed by atoms with van der Waals surface area (Å²) in [5, 5.41) is 0. The van der Waals surface area contributed by atoms with E-state index in [2.05, 4.69) is 19.1 Å². The second-order valence-electron chi connectivity index (χ2n) is 5.13. The van der Waals surface area contributed by atoms with Crippen molar-refractivity contribution in [1.29, 1.82) is 0 Å². The van der Waals surface area contributed by atoms with E-state index in [-0.39, 0.29) is 5.97 Å². The predicted molar refractivity (Wildman–Crippen MR) is 86.2 cm³/mol. The topological polar surface area (TPSA) is 26.3 Å². The van der Waals surface area contributed by atoms with Gasteiger partial charge in [-0.2, -0.15) is 0 Å². The second kappa shape index (κ2) is 6.40. The van der Waals surface area contributed by atoms with E-state index < -0.39 is 0 Å². The first-order valence-corrected chi connectivity index (χ1v) is 7.04. The lowest BCUT2D eigenvalue weighted by molar-refractivity contribution is 0.0625. The maximum Gasteiger partial charge on any atom is 0.343 e. The Bertz CT molecular complexity index is 696. The first-order valence-electron chi connectivity index (χ1n) is 7.04. The molecule has 0 aromatic heterocycles. The molecule has 2 aromatic rings. The van der Waals surface area contributed by atoms with Gasteiger partial charge in [0.1, 0.15) is 5.76 Å². The van der Waals surface area contributed by atoms with Gasteiger partial charge in [-0.1, -0.05) is 36.4 Å². The van der Waals surface area contributed by atoms with Crippen LogP contribution in [0.4, 0.5) is 0 Å². The number of esters is 1. The number of benzene rings is 2. The Morgan fingerprint density at radius 3 is 2.38 bits per heavy atom. The molecule has 0 aliphatic rings. The van der Waals surface area contributed by atoms with Crippen molar-refractivity contribution in [2.45, 2.75) is 27.7 Å². The van der Waals surface area contributed by atoms with Gasteiger partial charge in [0.2, 0.25) is 0 Å². The number of hydrogen-bond acceptors (Lipinski definition) is 2. The average Bonchev–Trinajstić information content (AvgIpc) is 2.47. The van der Waals surface area contributed by atoms with Crippen LogP contribution in [0.15, 0.2) is 54.3 Å². The molecule has 0 amide bonds. The lowest BCUT2D eigenvalue weighted by atomic mass is 9.97. The van der Waals surface area contributed by atoms with Gasteiger partial charge in [0.25, 0.3) is 0 Å². The number of allylic oxidation sites excluding steroid dienone is 2. The van der Waals surface area contributed by atoms with Gasteiger partial charge >= 0.3 is 5.97 Å². The van der Waals surface area contributed by atoms with Crippen LogP contribution in [-0.4, -0.2) is 5.97 Å². The largest absolute Gasteiger partial charge is 0.428 e. The van der Waals surface area contributed by atoms with E-state index in [4.69, 9.17) is 4.74 Å². The zero-order valence-electron chi connectivity index (χ0n) is 12.9. The van der Waals surface area contributed by atoms with E-state index in [1.807, 2.05) is 44.2 Å². The van der Waals surface area contributed by atoms with Gasteiger partial charge < -0.3 is 4.74 Å². The first kappa shape index (κ1) is 15.0. The maximum atomic E-state index is 12.1. The monoisotopic (exact) mass is 280 g/mol. The summed E-state index contributed by atoms with van der Waals surface area (Å²) in [6, 6.07) is 14.1. The average molecular weight is 280 g/mol. The predicted octanol–water partition coefficient (Wildman–Crippen LogP) is 5.05. The smallest absolute Gasteiger partial charge is 0.343 e. The minimum atomic E-state index is -0.306. The molecule has 0 aliphatic carbocycles. The van der Waals surface area contributed by atoms with Crippen LogP contribution in [0.2, 0.25) is 0 Å². The van der Waals surface area contributed by atoms with Crippen LogP contribution in [0, 0.1) is 13.8 Å². The van der Waals surface area contributed by atoms with E-state index in [0.29, 0.717) is 11.3 Å². The Balaban J connectivity index is 2.34. The van der Waals surface area contributed by atoms with E-state index in [1.54, 1.807) is 13.0 Å². The van der Waals surface area contributed by atoms with Gasteiger partial charge in [-0.3, -0.25) is 0 Å². The van der Waals surface area contributed by atoms with E-state index in [1.165, 1.54) is 11.1 Å². The Hall–Kier alpha value is -2.35. The Labute approximate surface area is 126 Å². The Morgan fingerprint density at radius 1 is 1.05 bits per heavy atom. The molecule has 2 nitrogen and oxygen atoms in total. The van der Waals surface area contributed by atoms with Crippen molar-refractivity contribution in [2.24, 2.45) is 0 Å². The molecule has 108 valence electrons. The highest BCUT2D eigenvalue weighted by Crippen LogP contribution is 2.25. The molecule has 0 spiro atoms. The van der Waals surface area contributed by atoms with Crippen molar-refractivity contribution in [3.8, 4) is 11.1 Å². The summed E-state index contributed by atoms with van der Waals surface area (Å²) in [7, 11) is 0. The van der Waals surface area contributed by atoms with Crippen molar-refractivity contribution in [1.82, 2.24) is 0 Å². The van der Waals surface area contributed by atoms with Crippen molar-refractivity contribution >= 4 is 5.97 Å². The van der Waals surface area contributed by atoms with Crippen LogP contribution in [0.3, 0.4) is 0 Å². The van der Waals surface area contributed by atoms with Crippen LogP contribution in [0.5, 0.6) is 0 Å². The normalized spacial score (nSPS) is 11.3. The third kappa shape index (κ3) is 3.40. The van der Waals surface area contributed by atoms with Crippen LogP contribution >= 0.6 is 0 Å². The van der Waals surface area contributed by atoms with Crippen LogP contribution in [0.1, 0.15) is 35.3 Å². The molecule has 2 heteroatoms. The fourth-order valence-corrected chi connectivity index (χ4v) is 2.22. The van der Waals surface area contributed by atoms with E-state index in [0.717, 1.165) is 11.1 Å². The molecule has 0 fully saturated rings. The summed E-state index contributed by atoms with van der Waals surface area (Å²) in [6.45, 7) is 7.64. The minimum absolute atomic E-state index is 0.306. The quantitative estimate of drug-likeness (QED) is 0.581. The van der Waals surface area contributed by atoms with Gasteiger partial charge in [-0.15, -0.1) is 0 Å². The third-order valence-corrected chi connectivity index (χ3v) is 3.56. The van der Waals surface area contributed by atoms with Crippen molar-refractivity contribution in [2.75, 3.05) is 0 Å². The lowest BCUT2D eigenvalue weighted by Gasteiger charge is -2.10. The molecule has 2 rings (SSSR count). The van der Waals surface area contributed by atoms with Crippen molar-refractivity contribution in [3.63, 3.8) is 0 Å². The summed E-state index contributed by atoms with van der Waals surface area (Å²) >= 11 is 0. The zero-order chi connectivity index (χ0) is 15.4. The minimum Gasteiger partial charge on any atom is -0.428 e.